The molecule has 1 unspecified atom stereocenters. The number of benzene rings is 1. The molecule has 1 N–H and O–H groups in total. The van der Waals surface area contributed by atoms with E-state index in [9.17, 15) is 4.39 Å². The highest BCUT2D eigenvalue weighted by Crippen LogP contribution is 2.23. The van der Waals surface area contributed by atoms with Gasteiger partial charge in [0, 0.05) is 12.1 Å². The summed E-state index contributed by atoms with van der Waals surface area (Å²) in [4.78, 5) is 0. The Hall–Kier alpha value is -1.09. The van der Waals surface area contributed by atoms with Gasteiger partial charge in [-0.3, -0.25) is 0 Å². The van der Waals surface area contributed by atoms with Crippen LogP contribution >= 0.6 is 0 Å². The zero-order valence-corrected chi connectivity index (χ0v) is 14.2. The summed E-state index contributed by atoms with van der Waals surface area (Å²) in [7, 11) is 1.49. The molecule has 0 saturated carbocycles. The number of methoxy groups -OCH3 is 1. The Labute approximate surface area is 129 Å². The van der Waals surface area contributed by atoms with Gasteiger partial charge in [0.15, 0.2) is 11.6 Å². The van der Waals surface area contributed by atoms with Gasteiger partial charge in [0.05, 0.1) is 7.11 Å². The lowest BCUT2D eigenvalue weighted by Gasteiger charge is -2.26. The van der Waals surface area contributed by atoms with Gasteiger partial charge in [-0.2, -0.15) is 0 Å². The van der Waals surface area contributed by atoms with Crippen molar-refractivity contribution in [1.82, 2.24) is 5.32 Å². The van der Waals surface area contributed by atoms with Crippen LogP contribution in [-0.2, 0) is 0 Å². The van der Waals surface area contributed by atoms with Crippen LogP contribution in [0.1, 0.15) is 59.1 Å². The van der Waals surface area contributed by atoms with Gasteiger partial charge >= 0.3 is 0 Å². The predicted octanol–water partition coefficient (Wildman–Crippen LogP) is 4.95. The minimum atomic E-state index is -0.298. The second-order valence-corrected chi connectivity index (χ2v) is 6.74. The first kappa shape index (κ1) is 18.0. The molecule has 0 saturated heterocycles. The molecular formula is C18H30FNO. The molecule has 0 aliphatic rings. The van der Waals surface area contributed by atoms with Crippen LogP contribution in [0.25, 0.3) is 0 Å². The van der Waals surface area contributed by atoms with E-state index in [-0.39, 0.29) is 11.9 Å². The summed E-state index contributed by atoms with van der Waals surface area (Å²) < 4.78 is 18.8. The van der Waals surface area contributed by atoms with Gasteiger partial charge < -0.3 is 10.1 Å². The van der Waals surface area contributed by atoms with Crippen molar-refractivity contribution in [3.05, 3.63) is 29.6 Å². The van der Waals surface area contributed by atoms with E-state index in [1.807, 2.05) is 6.07 Å². The molecule has 0 fully saturated rings. The van der Waals surface area contributed by atoms with Crippen molar-refractivity contribution >= 4 is 0 Å². The lowest BCUT2D eigenvalue weighted by Crippen LogP contribution is -2.34. The topological polar surface area (TPSA) is 21.3 Å². The van der Waals surface area contributed by atoms with Gasteiger partial charge in [-0.1, -0.05) is 33.8 Å². The molecule has 120 valence electrons. The van der Waals surface area contributed by atoms with E-state index in [4.69, 9.17) is 4.74 Å². The molecule has 3 heteroatoms. The Morgan fingerprint density at radius 1 is 1.05 bits per heavy atom. The highest BCUT2D eigenvalue weighted by atomic mass is 19.1. The van der Waals surface area contributed by atoms with Crippen molar-refractivity contribution in [3.8, 4) is 5.75 Å². The maximum Gasteiger partial charge on any atom is 0.165 e. The number of hydrogen-bond donors (Lipinski definition) is 1. The fraction of sp³-hybridized carbons (Fsp3) is 0.667. The van der Waals surface area contributed by atoms with E-state index in [0.717, 1.165) is 18.4 Å². The maximum atomic E-state index is 13.8. The average molecular weight is 295 g/mol. The zero-order valence-electron chi connectivity index (χ0n) is 14.2. The van der Waals surface area contributed by atoms with Gasteiger partial charge in [-0.15, -0.1) is 0 Å². The molecule has 21 heavy (non-hydrogen) atoms. The minimum Gasteiger partial charge on any atom is -0.494 e. The number of hydrogen-bond acceptors (Lipinski definition) is 2. The molecule has 0 aromatic heterocycles. The third-order valence-electron chi connectivity index (χ3n) is 3.67. The van der Waals surface area contributed by atoms with Crippen LogP contribution in [-0.4, -0.2) is 13.2 Å². The third kappa shape index (κ3) is 6.04. The van der Waals surface area contributed by atoms with Crippen LogP contribution in [0.2, 0.25) is 0 Å². The summed E-state index contributed by atoms with van der Waals surface area (Å²) in [6, 6.07) is 5.79. The number of rotatable bonds is 8. The molecule has 0 aliphatic carbocycles. The predicted molar refractivity (Wildman–Crippen MR) is 87.2 cm³/mol. The van der Waals surface area contributed by atoms with Crippen molar-refractivity contribution in [1.29, 1.82) is 0 Å². The summed E-state index contributed by atoms with van der Waals surface area (Å²) in [5.74, 6) is 1.31. The van der Waals surface area contributed by atoms with E-state index in [2.05, 4.69) is 39.9 Å². The van der Waals surface area contributed by atoms with Crippen molar-refractivity contribution in [2.24, 2.45) is 11.8 Å². The van der Waals surface area contributed by atoms with E-state index >= 15 is 0 Å². The lowest BCUT2D eigenvalue weighted by molar-refractivity contribution is 0.334. The monoisotopic (exact) mass is 295 g/mol. The number of ether oxygens (including phenoxy) is 1. The molecule has 0 amide bonds. The van der Waals surface area contributed by atoms with Crippen LogP contribution in [0.4, 0.5) is 4.39 Å². The van der Waals surface area contributed by atoms with Crippen LogP contribution in [0.15, 0.2) is 18.2 Å². The van der Waals surface area contributed by atoms with Crippen LogP contribution in [0, 0.1) is 17.7 Å². The number of nitrogens with one attached hydrogen (secondary N) is 1. The minimum absolute atomic E-state index is 0.132. The molecule has 1 aromatic carbocycles. The highest BCUT2D eigenvalue weighted by Gasteiger charge is 2.17. The van der Waals surface area contributed by atoms with Gasteiger partial charge in [0.1, 0.15) is 0 Å². The molecule has 0 bridgehead atoms. The molecule has 1 aromatic rings. The summed E-state index contributed by atoms with van der Waals surface area (Å²) in [6.07, 6.45) is 2.28. The van der Waals surface area contributed by atoms with E-state index < -0.39 is 0 Å². The second-order valence-electron chi connectivity index (χ2n) is 6.74. The molecule has 0 heterocycles. The Balaban J connectivity index is 2.75. The smallest absolute Gasteiger partial charge is 0.165 e. The van der Waals surface area contributed by atoms with Gasteiger partial charge in [0.2, 0.25) is 0 Å². The quantitative estimate of drug-likeness (QED) is 0.733. The highest BCUT2D eigenvalue weighted by molar-refractivity contribution is 5.30. The molecule has 1 rings (SSSR count). The molecule has 0 aliphatic heterocycles. The Kier molecular flexibility index (Phi) is 7.16. The summed E-state index contributed by atoms with van der Waals surface area (Å²) in [5.41, 5.74) is 0.964. The largest absolute Gasteiger partial charge is 0.494 e. The van der Waals surface area contributed by atoms with Gasteiger partial charge in [0.25, 0.3) is 0 Å². The SMILES string of the molecule is COc1ccc(C(C)NC(CC(C)C)CC(C)C)cc1F. The second kappa shape index (κ2) is 8.38. The Bertz CT molecular complexity index is 421. The molecule has 0 spiro atoms. The summed E-state index contributed by atoms with van der Waals surface area (Å²) >= 11 is 0. The standard InChI is InChI=1S/C18H30FNO/c1-12(2)9-16(10-13(3)4)20-14(5)15-7-8-18(21-6)17(19)11-15/h7-8,11-14,16,20H,9-10H2,1-6H3. The lowest BCUT2D eigenvalue weighted by atomic mass is 9.94. The zero-order chi connectivity index (χ0) is 16.0. The normalized spacial score (nSPS) is 13.2. The fourth-order valence-corrected chi connectivity index (χ4v) is 2.77. The molecule has 2 nitrogen and oxygen atoms in total. The van der Waals surface area contributed by atoms with Crippen LogP contribution in [0.5, 0.6) is 5.75 Å². The molecular weight excluding hydrogens is 265 g/mol. The van der Waals surface area contributed by atoms with Crippen LogP contribution in [0.3, 0.4) is 0 Å². The molecule has 0 radical (unpaired) electrons. The van der Waals surface area contributed by atoms with E-state index in [0.29, 0.717) is 23.6 Å². The third-order valence-corrected chi connectivity index (χ3v) is 3.67. The van der Waals surface area contributed by atoms with Crippen molar-refractivity contribution < 1.29 is 9.13 Å². The van der Waals surface area contributed by atoms with Crippen molar-refractivity contribution in [2.45, 2.75) is 59.5 Å². The van der Waals surface area contributed by atoms with E-state index in [1.165, 1.54) is 7.11 Å². The Morgan fingerprint density at radius 2 is 1.62 bits per heavy atom. The van der Waals surface area contributed by atoms with Crippen LogP contribution < -0.4 is 10.1 Å². The number of halogens is 1. The van der Waals surface area contributed by atoms with Crippen molar-refractivity contribution in [3.63, 3.8) is 0 Å². The molecule has 1 atom stereocenters. The van der Waals surface area contributed by atoms with Gasteiger partial charge in [-0.25, -0.2) is 4.39 Å². The Morgan fingerprint density at radius 3 is 2.05 bits per heavy atom. The summed E-state index contributed by atoms with van der Waals surface area (Å²) in [6.45, 7) is 11.1. The van der Waals surface area contributed by atoms with Gasteiger partial charge in [-0.05, 0) is 49.3 Å². The fourth-order valence-electron chi connectivity index (χ4n) is 2.77. The summed E-state index contributed by atoms with van der Waals surface area (Å²) in [5, 5.41) is 3.65. The van der Waals surface area contributed by atoms with E-state index in [1.54, 1.807) is 12.1 Å². The average Bonchev–Trinajstić information content (AvgIpc) is 2.36. The first-order valence-electron chi connectivity index (χ1n) is 7.93. The first-order valence-corrected chi connectivity index (χ1v) is 7.93. The van der Waals surface area contributed by atoms with Crippen molar-refractivity contribution in [2.75, 3.05) is 7.11 Å². The first-order chi connectivity index (χ1) is 9.83. The maximum absolute atomic E-state index is 13.8.